The van der Waals surface area contributed by atoms with Gasteiger partial charge in [-0.2, -0.15) is 0 Å². The van der Waals surface area contributed by atoms with Crippen LogP contribution in [0.25, 0.3) is 0 Å². The van der Waals surface area contributed by atoms with Gasteiger partial charge in [-0.3, -0.25) is 9.59 Å². The van der Waals surface area contributed by atoms with E-state index in [-0.39, 0.29) is 17.7 Å². The van der Waals surface area contributed by atoms with Crippen LogP contribution in [-0.2, 0) is 16.1 Å². The number of nitrogens with one attached hydrogen (secondary N) is 2. The Bertz CT molecular complexity index is 799. The Labute approximate surface area is 171 Å². The molecule has 0 heterocycles. The Morgan fingerprint density at radius 1 is 0.966 bits per heavy atom. The first-order valence-corrected chi connectivity index (χ1v) is 10.2. The van der Waals surface area contributed by atoms with Crippen LogP contribution in [0.3, 0.4) is 0 Å². The molecule has 0 spiro atoms. The number of carbonyl (C=O) groups excluding carboxylic acids is 2. The van der Waals surface area contributed by atoms with Gasteiger partial charge in [-0.25, -0.2) is 0 Å². The Morgan fingerprint density at radius 3 is 2.24 bits per heavy atom. The normalized spacial score (nSPS) is 12.9. The Kier molecular flexibility index (Phi) is 7.50. The number of ether oxygens (including phenoxy) is 2. The summed E-state index contributed by atoms with van der Waals surface area (Å²) in [7, 11) is 0. The number of hydrogen-bond acceptors (Lipinski definition) is 4. The topological polar surface area (TPSA) is 76.7 Å². The van der Waals surface area contributed by atoms with Gasteiger partial charge in [-0.15, -0.1) is 0 Å². The molecular formula is C23H28N2O4. The number of anilines is 1. The molecule has 2 aromatic rings. The highest BCUT2D eigenvalue weighted by atomic mass is 16.5. The molecule has 1 aliphatic carbocycles. The zero-order valence-corrected chi connectivity index (χ0v) is 16.8. The first-order chi connectivity index (χ1) is 14.1. The van der Waals surface area contributed by atoms with E-state index in [9.17, 15) is 9.59 Å². The lowest BCUT2D eigenvalue weighted by atomic mass is 10.2. The van der Waals surface area contributed by atoms with Crippen LogP contribution in [0, 0.1) is 5.92 Å². The molecule has 154 valence electrons. The number of hydrogen-bond donors (Lipinski definition) is 2. The van der Waals surface area contributed by atoms with Crippen molar-refractivity contribution < 1.29 is 19.1 Å². The van der Waals surface area contributed by atoms with Crippen LogP contribution in [0.1, 0.15) is 38.2 Å². The summed E-state index contributed by atoms with van der Waals surface area (Å²) in [4.78, 5) is 23.7. The first-order valence-electron chi connectivity index (χ1n) is 10.2. The molecule has 2 N–H and O–H groups in total. The molecule has 0 bridgehead atoms. The summed E-state index contributed by atoms with van der Waals surface area (Å²) in [5.74, 6) is 1.86. The van der Waals surface area contributed by atoms with Crippen molar-refractivity contribution in [2.45, 2.75) is 39.2 Å². The summed E-state index contributed by atoms with van der Waals surface area (Å²) in [5.41, 5.74) is 1.79. The molecule has 6 heteroatoms. The minimum Gasteiger partial charge on any atom is -0.494 e. The highest BCUT2D eigenvalue weighted by molar-refractivity contribution is 5.94. The third-order valence-electron chi connectivity index (χ3n) is 4.61. The fourth-order valence-corrected chi connectivity index (χ4v) is 2.81. The molecule has 0 radical (unpaired) electrons. The molecule has 1 aliphatic rings. The largest absolute Gasteiger partial charge is 0.494 e. The van der Waals surface area contributed by atoms with E-state index in [0.717, 1.165) is 35.6 Å². The van der Waals surface area contributed by atoms with Crippen molar-refractivity contribution in [2.24, 2.45) is 5.92 Å². The molecule has 3 rings (SSSR count). The van der Waals surface area contributed by atoms with Crippen molar-refractivity contribution >= 4 is 17.5 Å². The van der Waals surface area contributed by atoms with Crippen LogP contribution in [0.4, 0.5) is 5.69 Å². The van der Waals surface area contributed by atoms with Gasteiger partial charge >= 0.3 is 0 Å². The highest BCUT2D eigenvalue weighted by Crippen LogP contribution is 2.30. The average molecular weight is 396 g/mol. The van der Waals surface area contributed by atoms with Gasteiger partial charge in [0.1, 0.15) is 11.5 Å². The summed E-state index contributed by atoms with van der Waals surface area (Å²) >= 11 is 0. The molecule has 0 aliphatic heterocycles. The molecule has 6 nitrogen and oxygen atoms in total. The molecule has 0 unspecified atom stereocenters. The van der Waals surface area contributed by atoms with Crippen LogP contribution in [0.15, 0.2) is 48.5 Å². The van der Waals surface area contributed by atoms with Crippen molar-refractivity contribution in [1.29, 1.82) is 0 Å². The van der Waals surface area contributed by atoms with Crippen molar-refractivity contribution in [1.82, 2.24) is 5.32 Å². The Morgan fingerprint density at radius 2 is 1.62 bits per heavy atom. The van der Waals surface area contributed by atoms with Gasteiger partial charge < -0.3 is 20.1 Å². The van der Waals surface area contributed by atoms with Gasteiger partial charge in [0.05, 0.1) is 13.2 Å². The van der Waals surface area contributed by atoms with Crippen molar-refractivity contribution in [3.8, 4) is 11.5 Å². The zero-order chi connectivity index (χ0) is 20.5. The second-order valence-corrected chi connectivity index (χ2v) is 7.09. The minimum atomic E-state index is -0.00796. The lowest BCUT2D eigenvalue weighted by Gasteiger charge is -2.09. The van der Waals surface area contributed by atoms with E-state index in [4.69, 9.17) is 9.47 Å². The number of rotatable bonds is 11. The minimum absolute atomic E-state index is 0.00796. The first kappa shape index (κ1) is 20.7. The van der Waals surface area contributed by atoms with E-state index in [1.54, 1.807) is 0 Å². The fraction of sp³-hybridized carbons (Fsp3) is 0.391. The van der Waals surface area contributed by atoms with E-state index in [0.29, 0.717) is 32.6 Å². The van der Waals surface area contributed by atoms with Crippen LogP contribution in [0.5, 0.6) is 11.5 Å². The van der Waals surface area contributed by atoms with E-state index in [1.165, 1.54) is 0 Å². The number of carbonyl (C=O) groups is 2. The maximum Gasteiger partial charge on any atom is 0.227 e. The summed E-state index contributed by atoms with van der Waals surface area (Å²) in [6.07, 6.45) is 3.03. The molecule has 0 atom stereocenters. The van der Waals surface area contributed by atoms with Crippen LogP contribution in [-0.4, -0.2) is 25.0 Å². The SMILES string of the molecule is CCOc1ccc(OCCCC(=O)NCc2ccc(NC(=O)C3CC3)cc2)cc1. The van der Waals surface area contributed by atoms with Gasteiger partial charge in [-0.05, 0) is 68.1 Å². The Hall–Kier alpha value is -3.02. The number of amides is 2. The lowest BCUT2D eigenvalue weighted by Crippen LogP contribution is -2.23. The maximum absolute atomic E-state index is 12.0. The zero-order valence-electron chi connectivity index (χ0n) is 16.8. The molecule has 0 aromatic heterocycles. The van der Waals surface area contributed by atoms with Crippen molar-refractivity contribution in [3.05, 3.63) is 54.1 Å². The van der Waals surface area contributed by atoms with E-state index in [1.807, 2.05) is 55.5 Å². The second-order valence-electron chi connectivity index (χ2n) is 7.09. The van der Waals surface area contributed by atoms with Gasteiger partial charge in [0, 0.05) is 24.6 Å². The van der Waals surface area contributed by atoms with Crippen molar-refractivity contribution in [2.75, 3.05) is 18.5 Å². The van der Waals surface area contributed by atoms with Gasteiger partial charge in [0.2, 0.25) is 11.8 Å². The predicted octanol–water partition coefficient (Wildman–Crippen LogP) is 3.91. The molecule has 1 saturated carbocycles. The van der Waals surface area contributed by atoms with E-state index in [2.05, 4.69) is 10.6 Å². The third-order valence-corrected chi connectivity index (χ3v) is 4.61. The summed E-state index contributed by atoms with van der Waals surface area (Å²) in [6, 6.07) is 15.0. The molecule has 1 fully saturated rings. The maximum atomic E-state index is 12.0. The number of benzene rings is 2. The highest BCUT2D eigenvalue weighted by Gasteiger charge is 2.29. The monoisotopic (exact) mass is 396 g/mol. The summed E-state index contributed by atoms with van der Waals surface area (Å²) < 4.78 is 11.0. The molecule has 0 saturated heterocycles. The molecule has 2 aromatic carbocycles. The summed E-state index contributed by atoms with van der Waals surface area (Å²) in [6.45, 7) is 3.53. The second kappa shape index (κ2) is 10.5. The quantitative estimate of drug-likeness (QED) is 0.565. The lowest BCUT2D eigenvalue weighted by molar-refractivity contribution is -0.121. The average Bonchev–Trinajstić information content (AvgIpc) is 3.58. The van der Waals surface area contributed by atoms with Crippen LogP contribution in [0.2, 0.25) is 0 Å². The molecule has 2 amide bonds. The summed E-state index contributed by atoms with van der Waals surface area (Å²) in [5, 5.41) is 5.82. The van der Waals surface area contributed by atoms with Gasteiger partial charge in [-0.1, -0.05) is 12.1 Å². The van der Waals surface area contributed by atoms with Crippen molar-refractivity contribution in [3.63, 3.8) is 0 Å². The Balaban J connectivity index is 1.29. The molecular weight excluding hydrogens is 368 g/mol. The van der Waals surface area contributed by atoms with E-state index >= 15 is 0 Å². The fourth-order valence-electron chi connectivity index (χ4n) is 2.81. The van der Waals surface area contributed by atoms with Gasteiger partial charge in [0.15, 0.2) is 0 Å². The van der Waals surface area contributed by atoms with Crippen LogP contribution < -0.4 is 20.1 Å². The standard InChI is InChI=1S/C23H28N2O4/c1-2-28-20-11-13-21(14-12-20)29-15-3-4-22(26)24-16-17-5-9-19(10-6-17)25-23(27)18-7-8-18/h5-6,9-14,18H,2-4,7-8,15-16H2,1H3,(H,24,26)(H,25,27). The van der Waals surface area contributed by atoms with E-state index < -0.39 is 0 Å². The molecule has 29 heavy (non-hydrogen) atoms. The van der Waals surface area contributed by atoms with Gasteiger partial charge in [0.25, 0.3) is 0 Å². The van der Waals surface area contributed by atoms with Crippen LogP contribution >= 0.6 is 0 Å². The smallest absolute Gasteiger partial charge is 0.227 e. The third kappa shape index (κ3) is 7.14. The predicted molar refractivity (Wildman–Crippen MR) is 112 cm³/mol.